The molecular weight excluding hydrogens is 248 g/mol. The predicted octanol–water partition coefficient (Wildman–Crippen LogP) is 2.24. The summed E-state index contributed by atoms with van der Waals surface area (Å²) in [5.74, 6) is 0. The molecule has 98 valence electrons. The molecule has 2 rings (SSSR count). The SMILES string of the molecule is Cc1ccc(S(=O)(=O)NNC2=CCCCC2)cc1. The van der Waals surface area contributed by atoms with E-state index in [9.17, 15) is 8.42 Å². The van der Waals surface area contributed by atoms with Crippen molar-refractivity contribution in [3.63, 3.8) is 0 Å². The average molecular weight is 266 g/mol. The third-order valence-corrected chi connectivity index (χ3v) is 4.23. The fourth-order valence-electron chi connectivity index (χ4n) is 1.86. The predicted molar refractivity (Wildman–Crippen MR) is 71.2 cm³/mol. The molecule has 1 aromatic carbocycles. The van der Waals surface area contributed by atoms with Crippen molar-refractivity contribution in [2.75, 3.05) is 0 Å². The molecule has 0 radical (unpaired) electrons. The van der Waals surface area contributed by atoms with Crippen LogP contribution in [0.3, 0.4) is 0 Å². The standard InChI is InChI=1S/C13H18N2O2S/c1-11-7-9-13(10-8-11)18(16,17)15-14-12-5-3-2-4-6-12/h5,7-10,14-15H,2-4,6H2,1H3. The summed E-state index contributed by atoms with van der Waals surface area (Å²) in [5, 5.41) is 0. The van der Waals surface area contributed by atoms with Gasteiger partial charge in [0, 0.05) is 5.70 Å². The van der Waals surface area contributed by atoms with Gasteiger partial charge in [0.05, 0.1) is 4.90 Å². The highest BCUT2D eigenvalue weighted by atomic mass is 32.2. The van der Waals surface area contributed by atoms with E-state index in [1.165, 1.54) is 6.42 Å². The molecule has 4 nitrogen and oxygen atoms in total. The number of rotatable bonds is 4. The van der Waals surface area contributed by atoms with Crippen molar-refractivity contribution in [2.24, 2.45) is 0 Å². The molecule has 1 aliphatic rings. The zero-order chi connectivity index (χ0) is 13.0. The first-order valence-electron chi connectivity index (χ1n) is 6.11. The second-order valence-electron chi connectivity index (χ2n) is 4.52. The van der Waals surface area contributed by atoms with E-state index in [2.05, 4.69) is 10.3 Å². The Kier molecular flexibility index (Phi) is 4.04. The maximum Gasteiger partial charge on any atom is 0.257 e. The van der Waals surface area contributed by atoms with Gasteiger partial charge in [-0.05, 0) is 44.7 Å². The summed E-state index contributed by atoms with van der Waals surface area (Å²) in [6.07, 6.45) is 6.23. The second kappa shape index (κ2) is 5.54. The van der Waals surface area contributed by atoms with E-state index in [1.807, 2.05) is 13.0 Å². The summed E-state index contributed by atoms with van der Waals surface area (Å²) in [6.45, 7) is 1.93. The van der Waals surface area contributed by atoms with Gasteiger partial charge in [-0.15, -0.1) is 4.83 Å². The maximum atomic E-state index is 12.0. The van der Waals surface area contributed by atoms with E-state index in [1.54, 1.807) is 24.3 Å². The molecule has 0 aliphatic heterocycles. The van der Waals surface area contributed by atoms with Crippen LogP contribution in [0.5, 0.6) is 0 Å². The van der Waals surface area contributed by atoms with E-state index in [0.29, 0.717) is 0 Å². The minimum Gasteiger partial charge on any atom is -0.312 e. The van der Waals surface area contributed by atoms with Gasteiger partial charge in [0.2, 0.25) is 0 Å². The summed E-state index contributed by atoms with van der Waals surface area (Å²) in [4.78, 5) is 2.69. The van der Waals surface area contributed by atoms with Crippen molar-refractivity contribution in [3.8, 4) is 0 Å². The molecule has 0 saturated carbocycles. The van der Waals surface area contributed by atoms with Crippen molar-refractivity contribution >= 4 is 10.0 Å². The Morgan fingerprint density at radius 2 is 1.83 bits per heavy atom. The molecule has 5 heteroatoms. The Bertz CT molecular complexity index is 533. The van der Waals surface area contributed by atoms with Crippen LogP contribution in [0.4, 0.5) is 0 Å². The van der Waals surface area contributed by atoms with Crippen LogP contribution in [0.25, 0.3) is 0 Å². The van der Waals surface area contributed by atoms with Gasteiger partial charge in [-0.25, -0.2) is 8.42 Å². The largest absolute Gasteiger partial charge is 0.312 e. The van der Waals surface area contributed by atoms with Crippen molar-refractivity contribution < 1.29 is 8.42 Å². The minimum atomic E-state index is -3.48. The molecule has 0 heterocycles. The van der Waals surface area contributed by atoms with Gasteiger partial charge >= 0.3 is 0 Å². The Labute approximate surface area is 108 Å². The van der Waals surface area contributed by atoms with Crippen molar-refractivity contribution in [1.29, 1.82) is 0 Å². The van der Waals surface area contributed by atoms with Gasteiger partial charge in [-0.3, -0.25) is 0 Å². The molecule has 0 spiro atoms. The molecule has 1 aromatic rings. The normalized spacial score (nSPS) is 16.2. The fourth-order valence-corrected chi connectivity index (χ4v) is 2.74. The highest BCUT2D eigenvalue weighted by Gasteiger charge is 2.14. The zero-order valence-corrected chi connectivity index (χ0v) is 11.3. The van der Waals surface area contributed by atoms with Gasteiger partial charge in [-0.1, -0.05) is 23.8 Å². The molecule has 0 fully saturated rings. The molecule has 0 amide bonds. The van der Waals surface area contributed by atoms with Crippen LogP contribution in [0.2, 0.25) is 0 Å². The van der Waals surface area contributed by atoms with E-state index in [0.717, 1.165) is 30.5 Å². The van der Waals surface area contributed by atoms with Crippen LogP contribution < -0.4 is 10.3 Å². The number of benzene rings is 1. The molecule has 18 heavy (non-hydrogen) atoms. The molecular formula is C13H18N2O2S. The third kappa shape index (κ3) is 3.34. The average Bonchev–Trinajstić information content (AvgIpc) is 2.38. The Balaban J connectivity index is 2.03. The minimum absolute atomic E-state index is 0.275. The monoisotopic (exact) mass is 266 g/mol. The number of sulfonamides is 1. The van der Waals surface area contributed by atoms with Crippen LogP contribution >= 0.6 is 0 Å². The number of hydrogen-bond acceptors (Lipinski definition) is 3. The number of hydrogen-bond donors (Lipinski definition) is 2. The van der Waals surface area contributed by atoms with Crippen molar-refractivity contribution in [2.45, 2.75) is 37.5 Å². The zero-order valence-electron chi connectivity index (χ0n) is 10.4. The van der Waals surface area contributed by atoms with E-state index in [4.69, 9.17) is 0 Å². The molecule has 0 bridgehead atoms. The molecule has 0 unspecified atom stereocenters. The molecule has 2 N–H and O–H groups in total. The van der Waals surface area contributed by atoms with Crippen LogP contribution in [0.1, 0.15) is 31.2 Å². The van der Waals surface area contributed by atoms with Crippen LogP contribution in [0.15, 0.2) is 40.9 Å². The highest BCUT2D eigenvalue weighted by molar-refractivity contribution is 7.89. The van der Waals surface area contributed by atoms with Crippen LogP contribution in [-0.4, -0.2) is 8.42 Å². The summed E-state index contributed by atoms with van der Waals surface area (Å²) in [7, 11) is -3.48. The maximum absolute atomic E-state index is 12.0. The molecule has 1 aliphatic carbocycles. The highest BCUT2D eigenvalue weighted by Crippen LogP contribution is 2.15. The first-order valence-corrected chi connectivity index (χ1v) is 7.60. The van der Waals surface area contributed by atoms with Crippen molar-refractivity contribution in [1.82, 2.24) is 10.3 Å². The van der Waals surface area contributed by atoms with Crippen LogP contribution in [0, 0.1) is 6.92 Å². The smallest absolute Gasteiger partial charge is 0.257 e. The van der Waals surface area contributed by atoms with Gasteiger partial charge in [0.25, 0.3) is 10.0 Å². The Morgan fingerprint density at radius 3 is 2.44 bits per heavy atom. The van der Waals surface area contributed by atoms with Gasteiger partial charge in [-0.2, -0.15) is 0 Å². The number of allylic oxidation sites excluding steroid dienone is 2. The van der Waals surface area contributed by atoms with Gasteiger partial charge in [0.15, 0.2) is 0 Å². The lowest BCUT2D eigenvalue weighted by Crippen LogP contribution is -2.37. The molecule has 0 atom stereocenters. The third-order valence-electron chi connectivity index (χ3n) is 2.97. The number of aryl methyl sites for hydroxylation is 1. The second-order valence-corrected chi connectivity index (χ2v) is 6.20. The summed E-state index contributed by atoms with van der Waals surface area (Å²) < 4.78 is 24.0. The number of hydrazine groups is 1. The van der Waals surface area contributed by atoms with E-state index in [-0.39, 0.29) is 4.90 Å². The fraction of sp³-hybridized carbons (Fsp3) is 0.385. The van der Waals surface area contributed by atoms with E-state index >= 15 is 0 Å². The Morgan fingerprint density at radius 1 is 1.11 bits per heavy atom. The van der Waals surface area contributed by atoms with Gasteiger partial charge in [0.1, 0.15) is 0 Å². The first kappa shape index (κ1) is 13.1. The lowest BCUT2D eigenvalue weighted by atomic mass is 10.1. The van der Waals surface area contributed by atoms with E-state index < -0.39 is 10.0 Å². The number of nitrogens with one attached hydrogen (secondary N) is 2. The summed E-state index contributed by atoms with van der Waals surface area (Å²) in [6, 6.07) is 6.78. The van der Waals surface area contributed by atoms with Crippen LogP contribution in [-0.2, 0) is 10.0 Å². The van der Waals surface area contributed by atoms with Crippen molar-refractivity contribution in [3.05, 3.63) is 41.6 Å². The van der Waals surface area contributed by atoms with Gasteiger partial charge < -0.3 is 5.43 Å². The molecule has 0 saturated heterocycles. The summed E-state index contributed by atoms with van der Waals surface area (Å²) >= 11 is 0. The summed E-state index contributed by atoms with van der Waals surface area (Å²) in [5.41, 5.74) is 4.79. The quantitative estimate of drug-likeness (QED) is 0.822. The molecule has 0 aromatic heterocycles. The Hall–Kier alpha value is -1.33. The lowest BCUT2D eigenvalue weighted by molar-refractivity contribution is 0.559. The topological polar surface area (TPSA) is 58.2 Å². The first-order chi connectivity index (χ1) is 8.58. The lowest BCUT2D eigenvalue weighted by Gasteiger charge is -2.15.